The van der Waals surface area contributed by atoms with Gasteiger partial charge in [-0.3, -0.25) is 0 Å². The highest BCUT2D eigenvalue weighted by atomic mass is 32.2. The predicted molar refractivity (Wildman–Crippen MR) is 60.3 cm³/mol. The zero-order valence-corrected chi connectivity index (χ0v) is 11.0. The van der Waals surface area contributed by atoms with Gasteiger partial charge in [0.15, 0.2) is 27.7 Å². The maximum atomic E-state index is 11.6. The molecule has 0 aromatic carbocycles. The molecule has 0 N–H and O–H groups in total. The lowest BCUT2D eigenvalue weighted by molar-refractivity contribution is 0.0516. The summed E-state index contributed by atoms with van der Waals surface area (Å²) in [5, 5.41) is 0. The molecule has 0 aliphatic rings. The summed E-state index contributed by atoms with van der Waals surface area (Å²) in [6.45, 7) is 4.74. The number of hydrogen-bond donors (Lipinski definition) is 0. The van der Waals surface area contributed by atoms with E-state index >= 15 is 0 Å². The maximum Gasteiger partial charge on any atom is 0.360 e. The lowest BCUT2D eigenvalue weighted by Gasteiger charge is -2.19. The Morgan fingerprint density at radius 3 is 2.59 bits per heavy atom. The van der Waals surface area contributed by atoms with E-state index in [2.05, 4.69) is 4.98 Å². The normalized spacial score (nSPS) is 12.5. The zero-order chi connectivity index (χ0) is 13.3. The number of oxazole rings is 1. The summed E-state index contributed by atoms with van der Waals surface area (Å²) in [4.78, 5) is 15.3. The summed E-state index contributed by atoms with van der Waals surface area (Å²) < 4.78 is 31.8. The van der Waals surface area contributed by atoms with Gasteiger partial charge in [-0.05, 0) is 20.8 Å². The fourth-order valence-corrected chi connectivity index (χ4v) is 1.67. The maximum absolute atomic E-state index is 11.6. The van der Waals surface area contributed by atoms with Crippen LogP contribution in [0.5, 0.6) is 0 Å². The Morgan fingerprint density at radius 2 is 2.12 bits per heavy atom. The molecule has 1 heterocycles. The van der Waals surface area contributed by atoms with Crippen molar-refractivity contribution in [3.8, 4) is 0 Å². The Kier molecular flexibility index (Phi) is 3.61. The van der Waals surface area contributed by atoms with Crippen LogP contribution in [0, 0.1) is 0 Å². The van der Waals surface area contributed by atoms with Crippen molar-refractivity contribution in [3.05, 3.63) is 17.8 Å². The number of sulfone groups is 1. The molecule has 7 heteroatoms. The van der Waals surface area contributed by atoms with Crippen molar-refractivity contribution in [3.63, 3.8) is 0 Å². The molecule has 1 rings (SSSR count). The highest BCUT2D eigenvalue weighted by Gasteiger charge is 2.40. The smallest absolute Gasteiger partial charge is 0.360 e. The van der Waals surface area contributed by atoms with Crippen LogP contribution in [0.4, 0.5) is 0 Å². The second-order valence-corrected chi connectivity index (χ2v) is 6.60. The van der Waals surface area contributed by atoms with E-state index in [0.717, 1.165) is 12.6 Å². The summed E-state index contributed by atoms with van der Waals surface area (Å²) in [7, 11) is -3.44. The topological polar surface area (TPSA) is 86.5 Å². The van der Waals surface area contributed by atoms with E-state index in [1.54, 1.807) is 6.92 Å². The molecule has 0 amide bonds. The van der Waals surface area contributed by atoms with E-state index in [4.69, 9.17) is 9.15 Å². The van der Waals surface area contributed by atoms with Crippen LogP contribution in [0.15, 0.2) is 10.8 Å². The molecule has 96 valence electrons. The molecule has 0 unspecified atom stereocenters. The molecule has 0 saturated carbocycles. The Hall–Kier alpha value is -1.37. The van der Waals surface area contributed by atoms with Gasteiger partial charge in [-0.15, -0.1) is 0 Å². The minimum absolute atomic E-state index is 0.00144. The van der Waals surface area contributed by atoms with Gasteiger partial charge in [-0.25, -0.2) is 18.2 Å². The Bertz CT molecular complexity index is 515. The fraction of sp³-hybridized carbons (Fsp3) is 0.600. The molecule has 0 radical (unpaired) electrons. The third kappa shape index (κ3) is 2.49. The molecule has 0 spiro atoms. The van der Waals surface area contributed by atoms with Crippen LogP contribution in [-0.2, 0) is 19.3 Å². The van der Waals surface area contributed by atoms with E-state index < -0.39 is 20.6 Å². The number of hydrogen-bond acceptors (Lipinski definition) is 6. The first-order valence-electron chi connectivity index (χ1n) is 5.02. The van der Waals surface area contributed by atoms with Crippen molar-refractivity contribution < 1.29 is 22.4 Å². The first-order valence-corrected chi connectivity index (χ1v) is 6.91. The standard InChI is InChI=1S/C10H15NO5S/c1-5-15-9(12)7-8(16-6-11-7)10(2,3)17(4,13)14/h6H,5H2,1-4H3. The minimum atomic E-state index is -3.44. The number of aromatic nitrogens is 1. The summed E-state index contributed by atoms with van der Waals surface area (Å²) >= 11 is 0. The van der Waals surface area contributed by atoms with Gasteiger partial charge in [0.05, 0.1) is 6.61 Å². The largest absolute Gasteiger partial charge is 0.461 e. The van der Waals surface area contributed by atoms with Crippen LogP contribution in [0.25, 0.3) is 0 Å². The molecule has 0 saturated heterocycles. The Labute approximate surface area is 99.9 Å². The number of ether oxygens (including phenoxy) is 1. The first kappa shape index (κ1) is 13.7. The van der Waals surface area contributed by atoms with Gasteiger partial charge in [-0.1, -0.05) is 0 Å². The van der Waals surface area contributed by atoms with Gasteiger partial charge in [0, 0.05) is 6.26 Å². The molecular weight excluding hydrogens is 246 g/mol. The quantitative estimate of drug-likeness (QED) is 0.755. The molecule has 0 fully saturated rings. The summed E-state index contributed by atoms with van der Waals surface area (Å²) in [5.41, 5.74) is -0.0951. The van der Waals surface area contributed by atoms with Crippen molar-refractivity contribution in [2.45, 2.75) is 25.5 Å². The summed E-state index contributed by atoms with van der Waals surface area (Å²) in [6.07, 6.45) is 2.11. The Balaban J connectivity index is 3.26. The lowest BCUT2D eigenvalue weighted by Crippen LogP contribution is -2.29. The summed E-state index contributed by atoms with van der Waals surface area (Å²) in [5.74, 6) is -0.688. The van der Waals surface area contributed by atoms with Gasteiger partial charge in [0.25, 0.3) is 0 Å². The Morgan fingerprint density at radius 1 is 1.53 bits per heavy atom. The predicted octanol–water partition coefficient (Wildman–Crippen LogP) is 1.13. The number of carbonyl (C=O) groups excluding carboxylic acids is 1. The molecule has 1 aromatic heterocycles. The number of nitrogens with zero attached hydrogens (tertiary/aromatic N) is 1. The van der Waals surface area contributed by atoms with Crippen LogP contribution in [0.2, 0.25) is 0 Å². The van der Waals surface area contributed by atoms with Gasteiger partial charge < -0.3 is 9.15 Å². The minimum Gasteiger partial charge on any atom is -0.461 e. The third-order valence-electron chi connectivity index (χ3n) is 2.51. The van der Waals surface area contributed by atoms with Crippen LogP contribution in [0.1, 0.15) is 37.0 Å². The molecule has 0 bridgehead atoms. The van der Waals surface area contributed by atoms with E-state index in [9.17, 15) is 13.2 Å². The van der Waals surface area contributed by atoms with Crippen LogP contribution >= 0.6 is 0 Å². The molecule has 6 nitrogen and oxygen atoms in total. The SMILES string of the molecule is CCOC(=O)c1ncoc1C(C)(C)S(C)(=O)=O. The molecule has 0 aliphatic heterocycles. The monoisotopic (exact) mass is 261 g/mol. The zero-order valence-electron chi connectivity index (χ0n) is 10.2. The van der Waals surface area contributed by atoms with Crippen LogP contribution < -0.4 is 0 Å². The van der Waals surface area contributed by atoms with Gasteiger partial charge in [0.2, 0.25) is 0 Å². The van der Waals surface area contributed by atoms with Crippen LogP contribution in [-0.4, -0.2) is 32.2 Å². The number of carbonyl (C=O) groups is 1. The average molecular weight is 261 g/mol. The van der Waals surface area contributed by atoms with E-state index in [-0.39, 0.29) is 18.1 Å². The van der Waals surface area contributed by atoms with E-state index in [0.29, 0.717) is 0 Å². The second-order valence-electron chi connectivity index (χ2n) is 4.03. The van der Waals surface area contributed by atoms with Crippen molar-refractivity contribution in [2.24, 2.45) is 0 Å². The third-order valence-corrected chi connectivity index (χ3v) is 4.55. The fourth-order valence-electron chi connectivity index (χ4n) is 1.19. The number of rotatable bonds is 4. The van der Waals surface area contributed by atoms with Gasteiger partial charge in [-0.2, -0.15) is 0 Å². The number of esters is 1. The van der Waals surface area contributed by atoms with Crippen molar-refractivity contribution >= 4 is 15.8 Å². The summed E-state index contributed by atoms with van der Waals surface area (Å²) in [6, 6.07) is 0. The molecule has 17 heavy (non-hydrogen) atoms. The highest BCUT2D eigenvalue weighted by Crippen LogP contribution is 2.31. The van der Waals surface area contributed by atoms with Crippen molar-refractivity contribution in [2.75, 3.05) is 12.9 Å². The van der Waals surface area contributed by atoms with Crippen molar-refractivity contribution in [1.82, 2.24) is 4.98 Å². The van der Waals surface area contributed by atoms with E-state index in [1.165, 1.54) is 13.8 Å². The van der Waals surface area contributed by atoms with Crippen molar-refractivity contribution in [1.29, 1.82) is 0 Å². The molecule has 0 atom stereocenters. The van der Waals surface area contributed by atoms with Gasteiger partial charge in [0.1, 0.15) is 4.75 Å². The van der Waals surface area contributed by atoms with Gasteiger partial charge >= 0.3 is 5.97 Å². The lowest BCUT2D eigenvalue weighted by atomic mass is 10.1. The van der Waals surface area contributed by atoms with E-state index in [1.807, 2.05) is 0 Å². The molecular formula is C10H15NO5S. The molecule has 1 aromatic rings. The highest BCUT2D eigenvalue weighted by molar-refractivity contribution is 7.91. The second kappa shape index (κ2) is 4.48. The average Bonchev–Trinajstić information content (AvgIpc) is 2.64. The molecule has 0 aliphatic carbocycles. The van der Waals surface area contributed by atoms with Crippen LogP contribution in [0.3, 0.4) is 0 Å². The first-order chi connectivity index (χ1) is 7.71.